The summed E-state index contributed by atoms with van der Waals surface area (Å²) in [4.78, 5) is 29.3. The molecule has 1 amide bonds. The number of esters is 1. The predicted octanol–water partition coefficient (Wildman–Crippen LogP) is 6.12. The lowest BCUT2D eigenvalue weighted by Crippen LogP contribution is -2.44. The van der Waals surface area contributed by atoms with E-state index in [9.17, 15) is 31.5 Å². The van der Waals surface area contributed by atoms with Crippen LogP contribution < -0.4 is 19.1 Å². The van der Waals surface area contributed by atoms with E-state index in [4.69, 9.17) is 18.9 Å². The molecule has 1 unspecified atom stereocenters. The summed E-state index contributed by atoms with van der Waals surface area (Å²) in [5.74, 6) is -4.30. The van der Waals surface area contributed by atoms with Crippen LogP contribution in [-0.2, 0) is 14.3 Å². The van der Waals surface area contributed by atoms with E-state index >= 15 is 0 Å². The van der Waals surface area contributed by atoms with Crippen LogP contribution in [0.2, 0.25) is 0 Å². The van der Waals surface area contributed by atoms with Gasteiger partial charge in [-0.1, -0.05) is 12.1 Å². The van der Waals surface area contributed by atoms with Crippen LogP contribution in [0.4, 0.5) is 27.6 Å². The minimum atomic E-state index is -5.26. The zero-order valence-corrected chi connectivity index (χ0v) is 23.4. The monoisotopic (exact) mass is 617 g/mol. The molecule has 3 aromatic carbocycles. The first-order valence-electron chi connectivity index (χ1n) is 13.5. The molecule has 14 heteroatoms. The highest BCUT2D eigenvalue weighted by Crippen LogP contribution is 2.47. The smallest absolute Gasteiger partial charge is 0.471 e. The molecule has 4 aromatic rings. The number of benzene rings is 3. The number of carbonyl (C=O) groups is 2. The Morgan fingerprint density at radius 1 is 1.11 bits per heavy atom. The van der Waals surface area contributed by atoms with Gasteiger partial charge in [-0.25, -0.2) is 8.78 Å². The summed E-state index contributed by atoms with van der Waals surface area (Å²) in [7, 11) is 0. The molecule has 0 N–H and O–H groups in total. The van der Waals surface area contributed by atoms with Crippen molar-refractivity contribution in [1.82, 2.24) is 9.55 Å². The number of carbonyl (C=O) groups excluding carboxylic acids is 2. The molecule has 9 nitrogen and oxygen atoms in total. The number of imidazole rings is 1. The third kappa shape index (κ3) is 4.83. The largest absolute Gasteiger partial charge is 0.488 e. The Bertz CT molecular complexity index is 1810. The van der Waals surface area contributed by atoms with Gasteiger partial charge in [-0.2, -0.15) is 18.2 Å². The molecule has 2 aliphatic heterocycles. The molecule has 1 aromatic heterocycles. The quantitative estimate of drug-likeness (QED) is 0.190. The van der Waals surface area contributed by atoms with Gasteiger partial charge in [0.1, 0.15) is 35.5 Å². The van der Waals surface area contributed by atoms with Gasteiger partial charge >= 0.3 is 24.1 Å². The van der Waals surface area contributed by atoms with Gasteiger partial charge in [0.2, 0.25) is 0 Å². The summed E-state index contributed by atoms with van der Waals surface area (Å²) in [5.41, 5.74) is 0.513. The van der Waals surface area contributed by atoms with Gasteiger partial charge < -0.3 is 18.9 Å². The number of ether oxygens (including phenoxy) is 4. The second-order valence-corrected chi connectivity index (χ2v) is 10.2. The first kappa shape index (κ1) is 29.2. The van der Waals surface area contributed by atoms with Crippen LogP contribution in [0.1, 0.15) is 44.0 Å². The molecule has 3 heterocycles. The molecule has 230 valence electrons. The summed E-state index contributed by atoms with van der Waals surface area (Å²) in [5, 5.41) is 0. The van der Waals surface area contributed by atoms with Gasteiger partial charge in [0, 0.05) is 41.9 Å². The molecule has 0 fully saturated rings. The van der Waals surface area contributed by atoms with E-state index in [-0.39, 0.29) is 58.7 Å². The van der Waals surface area contributed by atoms with E-state index in [2.05, 4.69) is 4.98 Å². The Morgan fingerprint density at radius 3 is 2.59 bits per heavy atom. The van der Waals surface area contributed by atoms with Gasteiger partial charge in [0.05, 0.1) is 23.9 Å². The Kier molecular flexibility index (Phi) is 7.09. The van der Waals surface area contributed by atoms with E-state index in [1.165, 1.54) is 47.9 Å². The van der Waals surface area contributed by atoms with Crippen LogP contribution in [0.25, 0.3) is 16.7 Å². The number of hydrogen-bond acceptors (Lipinski definition) is 7. The number of amides is 1. The number of aromatic nitrogens is 2. The number of nitrogens with zero attached hydrogens (tertiary/aromatic N) is 3. The number of hydrogen-bond donors (Lipinski definition) is 0. The van der Waals surface area contributed by atoms with Gasteiger partial charge in [-0.15, -0.1) is 0 Å². The Balaban J connectivity index is 1.47. The summed E-state index contributed by atoms with van der Waals surface area (Å²) < 4.78 is 94.9. The molecule has 0 bridgehead atoms. The van der Waals surface area contributed by atoms with Crippen molar-refractivity contribution in [1.29, 1.82) is 0 Å². The summed E-state index contributed by atoms with van der Waals surface area (Å²) in [6.07, 6.45) is -6.65. The molecule has 6 rings (SSSR count). The number of para-hydroxylation sites is 1. The van der Waals surface area contributed by atoms with E-state index in [1.807, 2.05) is 0 Å². The van der Waals surface area contributed by atoms with Crippen LogP contribution >= 0.6 is 0 Å². The molecule has 0 aliphatic carbocycles. The molecular weight excluding hydrogens is 593 g/mol. The number of alkyl halides is 3. The van der Waals surface area contributed by atoms with Crippen LogP contribution in [0.5, 0.6) is 17.5 Å². The lowest BCUT2D eigenvalue weighted by Gasteiger charge is -2.29. The topological polar surface area (TPSA) is 92.1 Å². The SMILES string of the molecule is CCOc1nc2c(F)cc(F)cc2n1-c1cccc2c1OC[C@H]2N(C(=O)C(F)(F)F)c1ccc2c(c1)OC(C)[C@H]2OC(C)=O. The zero-order valence-electron chi connectivity index (χ0n) is 23.4. The minimum Gasteiger partial charge on any atom is -0.488 e. The van der Waals surface area contributed by atoms with Crippen molar-refractivity contribution in [3.8, 4) is 23.2 Å². The number of fused-ring (bicyclic) bond motifs is 3. The fraction of sp³-hybridized carbons (Fsp3) is 0.300. The average Bonchev–Trinajstić information content (AvgIpc) is 3.62. The highest BCUT2D eigenvalue weighted by molar-refractivity contribution is 5.98. The summed E-state index contributed by atoms with van der Waals surface area (Å²) >= 11 is 0. The van der Waals surface area contributed by atoms with Gasteiger partial charge in [0.25, 0.3) is 0 Å². The lowest BCUT2D eigenvalue weighted by atomic mass is 10.0. The summed E-state index contributed by atoms with van der Waals surface area (Å²) in [6, 6.07) is 8.94. The van der Waals surface area contributed by atoms with Gasteiger partial charge in [0.15, 0.2) is 11.9 Å². The van der Waals surface area contributed by atoms with Crippen molar-refractivity contribution in [2.24, 2.45) is 0 Å². The lowest BCUT2D eigenvalue weighted by molar-refractivity contribution is -0.171. The summed E-state index contributed by atoms with van der Waals surface area (Å²) in [6.45, 7) is 4.28. The fourth-order valence-electron chi connectivity index (χ4n) is 5.58. The van der Waals surface area contributed by atoms with Crippen molar-refractivity contribution >= 4 is 28.6 Å². The number of rotatable bonds is 6. The van der Waals surface area contributed by atoms with Crippen LogP contribution in [0.15, 0.2) is 48.5 Å². The molecule has 0 saturated heterocycles. The second-order valence-electron chi connectivity index (χ2n) is 10.2. The van der Waals surface area contributed by atoms with E-state index in [0.29, 0.717) is 16.5 Å². The standard InChI is InChI=1S/C30H24F5N3O6/c1-4-41-29-36-25-20(32)10-16(31)11-22(25)38(29)21-7-5-6-18-23(13-42-27(18)21)37(28(40)30(33,34)35)17-8-9-19-24(12-17)43-14(2)26(19)44-15(3)39/h5-12,14,23,26H,4,13H2,1-3H3/t14?,23-,26-/m1/s1. The molecule has 2 aliphatic rings. The first-order chi connectivity index (χ1) is 20.9. The van der Waals surface area contributed by atoms with E-state index in [1.54, 1.807) is 13.8 Å². The Labute approximate surface area is 246 Å². The normalized spacial score (nSPS) is 18.8. The number of anilines is 1. The first-order valence-corrected chi connectivity index (χ1v) is 13.5. The van der Waals surface area contributed by atoms with Crippen molar-refractivity contribution < 1.29 is 50.5 Å². The van der Waals surface area contributed by atoms with Crippen molar-refractivity contribution in [3.05, 3.63) is 71.3 Å². The predicted molar refractivity (Wildman–Crippen MR) is 145 cm³/mol. The molecule has 0 spiro atoms. The van der Waals surface area contributed by atoms with Crippen molar-refractivity contribution in [2.45, 2.75) is 45.2 Å². The van der Waals surface area contributed by atoms with Crippen LogP contribution in [-0.4, -0.2) is 46.9 Å². The van der Waals surface area contributed by atoms with Crippen LogP contribution in [0, 0.1) is 11.6 Å². The molecule has 44 heavy (non-hydrogen) atoms. The van der Waals surface area contributed by atoms with E-state index in [0.717, 1.165) is 6.07 Å². The third-order valence-corrected chi connectivity index (χ3v) is 7.32. The zero-order chi connectivity index (χ0) is 31.5. The molecular formula is C30H24F5N3O6. The third-order valence-electron chi connectivity index (χ3n) is 7.32. The maximum atomic E-state index is 14.6. The van der Waals surface area contributed by atoms with Crippen LogP contribution in [0.3, 0.4) is 0 Å². The van der Waals surface area contributed by atoms with Gasteiger partial charge in [-0.05, 0) is 32.0 Å². The number of halogens is 5. The molecule has 0 radical (unpaired) electrons. The van der Waals surface area contributed by atoms with Gasteiger partial charge in [-0.3, -0.25) is 19.1 Å². The van der Waals surface area contributed by atoms with E-state index < -0.39 is 47.9 Å². The minimum absolute atomic E-state index is 0.00171. The fourth-order valence-corrected chi connectivity index (χ4v) is 5.58. The van der Waals surface area contributed by atoms with Crippen molar-refractivity contribution in [3.63, 3.8) is 0 Å². The maximum Gasteiger partial charge on any atom is 0.471 e. The van der Waals surface area contributed by atoms with Crippen molar-refractivity contribution in [2.75, 3.05) is 18.1 Å². The highest BCUT2D eigenvalue weighted by Gasteiger charge is 2.48. The average molecular weight is 618 g/mol. The molecule has 0 saturated carbocycles. The maximum absolute atomic E-state index is 14.6. The Morgan fingerprint density at radius 2 is 1.89 bits per heavy atom. The highest BCUT2D eigenvalue weighted by atomic mass is 19.4. The Hall–Kier alpha value is -4.88. The second kappa shape index (κ2) is 10.7. The molecule has 3 atom stereocenters.